The number of aromatic nitrogens is 1. The fraction of sp³-hybridized carbons (Fsp3) is 0.333. The number of rotatable bonds is 5. The summed E-state index contributed by atoms with van der Waals surface area (Å²) in [7, 11) is 0.328. The number of ether oxygens (including phenoxy) is 1. The lowest BCUT2D eigenvalue weighted by Gasteiger charge is -2.25. The first kappa shape index (κ1) is 20.8. The number of hydrogen-bond acceptors (Lipinski definition) is 7. The first-order chi connectivity index (χ1) is 14.3. The molecule has 0 radical (unpaired) electrons. The smallest absolute Gasteiger partial charge is 0.343 e. The SMILES string of the molecule is CN(C)c1nc2ccc(OC(=O)c3ccc(S(=O)(=O)N4CCCCC4)cc3)cc2s1. The summed E-state index contributed by atoms with van der Waals surface area (Å²) in [6, 6.07) is 11.2. The minimum absolute atomic E-state index is 0.197. The van der Waals surface area contributed by atoms with E-state index in [0.717, 1.165) is 34.6 Å². The number of carbonyl (C=O) groups excluding carboxylic acids is 1. The molecule has 0 N–H and O–H groups in total. The Bertz CT molecular complexity index is 1160. The number of anilines is 1. The molecule has 0 amide bonds. The summed E-state index contributed by atoms with van der Waals surface area (Å²) in [6.07, 6.45) is 2.81. The fourth-order valence-corrected chi connectivity index (χ4v) is 5.76. The lowest BCUT2D eigenvalue weighted by Crippen LogP contribution is -2.35. The van der Waals surface area contributed by atoms with E-state index in [1.54, 1.807) is 12.1 Å². The van der Waals surface area contributed by atoms with E-state index in [9.17, 15) is 13.2 Å². The molecule has 0 bridgehead atoms. The van der Waals surface area contributed by atoms with Gasteiger partial charge in [0.25, 0.3) is 0 Å². The third-order valence-electron chi connectivity index (χ3n) is 4.98. The molecule has 4 rings (SSSR count). The minimum Gasteiger partial charge on any atom is -0.423 e. The molecule has 3 aromatic rings. The van der Waals surface area contributed by atoms with Gasteiger partial charge in [-0.15, -0.1) is 0 Å². The number of esters is 1. The maximum atomic E-state index is 12.7. The van der Waals surface area contributed by atoms with Crippen molar-refractivity contribution >= 4 is 42.7 Å². The molecular formula is C21H23N3O4S2. The normalized spacial score (nSPS) is 15.3. The van der Waals surface area contributed by atoms with Crippen LogP contribution in [0.15, 0.2) is 47.4 Å². The second-order valence-electron chi connectivity index (χ2n) is 7.40. The summed E-state index contributed by atoms with van der Waals surface area (Å²) >= 11 is 1.51. The quantitative estimate of drug-likeness (QED) is 0.440. The van der Waals surface area contributed by atoms with Gasteiger partial charge in [0, 0.05) is 33.3 Å². The van der Waals surface area contributed by atoms with Crippen molar-refractivity contribution < 1.29 is 17.9 Å². The molecule has 1 saturated heterocycles. The average Bonchev–Trinajstić information content (AvgIpc) is 3.18. The lowest BCUT2D eigenvalue weighted by molar-refractivity contribution is 0.0735. The fourth-order valence-electron chi connectivity index (χ4n) is 3.33. The molecule has 0 atom stereocenters. The predicted molar refractivity (Wildman–Crippen MR) is 118 cm³/mol. The van der Waals surface area contributed by atoms with E-state index in [0.29, 0.717) is 24.4 Å². The summed E-state index contributed by atoms with van der Waals surface area (Å²) in [4.78, 5) is 19.2. The van der Waals surface area contributed by atoms with Crippen LogP contribution in [0.2, 0.25) is 0 Å². The lowest BCUT2D eigenvalue weighted by atomic mass is 10.2. The first-order valence-corrected chi connectivity index (χ1v) is 12.0. The van der Waals surface area contributed by atoms with Crippen molar-refractivity contribution in [2.45, 2.75) is 24.2 Å². The Morgan fingerprint density at radius 2 is 1.77 bits per heavy atom. The number of hydrogen-bond donors (Lipinski definition) is 0. The number of piperidine rings is 1. The number of thiazole rings is 1. The van der Waals surface area contributed by atoms with Crippen LogP contribution in [0.25, 0.3) is 10.2 Å². The van der Waals surface area contributed by atoms with E-state index in [1.807, 2.05) is 25.1 Å². The minimum atomic E-state index is -3.52. The monoisotopic (exact) mass is 445 g/mol. The van der Waals surface area contributed by atoms with Crippen molar-refractivity contribution in [2.24, 2.45) is 0 Å². The van der Waals surface area contributed by atoms with E-state index in [4.69, 9.17) is 4.74 Å². The third-order valence-corrected chi connectivity index (χ3v) is 8.08. The highest BCUT2D eigenvalue weighted by Crippen LogP contribution is 2.30. The van der Waals surface area contributed by atoms with Gasteiger partial charge in [-0.3, -0.25) is 0 Å². The van der Waals surface area contributed by atoms with E-state index in [2.05, 4.69) is 4.98 Å². The van der Waals surface area contributed by atoms with Crippen molar-refractivity contribution in [1.29, 1.82) is 0 Å². The van der Waals surface area contributed by atoms with Crippen LogP contribution < -0.4 is 9.64 Å². The van der Waals surface area contributed by atoms with Crippen LogP contribution in [-0.4, -0.2) is 50.9 Å². The van der Waals surface area contributed by atoms with Crippen LogP contribution in [0.1, 0.15) is 29.6 Å². The van der Waals surface area contributed by atoms with Crippen LogP contribution in [0, 0.1) is 0 Å². The van der Waals surface area contributed by atoms with E-state index >= 15 is 0 Å². The summed E-state index contributed by atoms with van der Waals surface area (Å²) in [5, 5.41) is 0.874. The molecule has 0 saturated carbocycles. The second-order valence-corrected chi connectivity index (χ2v) is 10.3. The van der Waals surface area contributed by atoms with Gasteiger partial charge >= 0.3 is 5.97 Å². The zero-order valence-electron chi connectivity index (χ0n) is 16.9. The highest BCUT2D eigenvalue weighted by Gasteiger charge is 2.26. The molecule has 1 fully saturated rings. The van der Waals surface area contributed by atoms with Crippen molar-refractivity contribution in [3.63, 3.8) is 0 Å². The Morgan fingerprint density at radius 3 is 2.43 bits per heavy atom. The van der Waals surface area contributed by atoms with Crippen LogP contribution in [0.3, 0.4) is 0 Å². The third kappa shape index (κ3) is 4.19. The first-order valence-electron chi connectivity index (χ1n) is 9.75. The molecule has 0 spiro atoms. The molecule has 7 nitrogen and oxygen atoms in total. The summed E-state index contributed by atoms with van der Waals surface area (Å²) in [6.45, 7) is 1.09. The molecular weight excluding hydrogens is 422 g/mol. The maximum absolute atomic E-state index is 12.7. The molecule has 2 aromatic carbocycles. The van der Waals surface area contributed by atoms with Gasteiger partial charge in [0.1, 0.15) is 5.75 Å². The zero-order valence-corrected chi connectivity index (χ0v) is 18.5. The molecule has 1 aliphatic rings. The van der Waals surface area contributed by atoms with Crippen molar-refractivity contribution in [1.82, 2.24) is 9.29 Å². The number of sulfonamides is 1. The second kappa shape index (κ2) is 8.33. The number of benzene rings is 2. The molecule has 2 heterocycles. The molecule has 158 valence electrons. The van der Waals surface area contributed by atoms with Crippen LogP contribution >= 0.6 is 11.3 Å². The Kier molecular flexibility index (Phi) is 5.77. The molecule has 0 aliphatic carbocycles. The predicted octanol–water partition coefficient (Wildman–Crippen LogP) is 3.76. The Balaban J connectivity index is 1.49. The Hall–Kier alpha value is -2.49. The van der Waals surface area contributed by atoms with Gasteiger partial charge in [-0.2, -0.15) is 4.31 Å². The highest BCUT2D eigenvalue weighted by molar-refractivity contribution is 7.89. The molecule has 30 heavy (non-hydrogen) atoms. The average molecular weight is 446 g/mol. The highest BCUT2D eigenvalue weighted by atomic mass is 32.2. The van der Waals surface area contributed by atoms with E-state index in [1.165, 1.54) is 39.9 Å². The topological polar surface area (TPSA) is 79.8 Å². The van der Waals surface area contributed by atoms with Gasteiger partial charge in [0.15, 0.2) is 5.13 Å². The molecule has 1 aromatic heterocycles. The van der Waals surface area contributed by atoms with E-state index in [-0.39, 0.29) is 4.90 Å². The van der Waals surface area contributed by atoms with Crippen molar-refractivity contribution in [2.75, 3.05) is 32.1 Å². The van der Waals surface area contributed by atoms with Crippen LogP contribution in [-0.2, 0) is 10.0 Å². The van der Waals surface area contributed by atoms with Crippen molar-refractivity contribution in [3.8, 4) is 5.75 Å². The van der Waals surface area contributed by atoms with Crippen LogP contribution in [0.5, 0.6) is 5.75 Å². The van der Waals surface area contributed by atoms with Crippen molar-refractivity contribution in [3.05, 3.63) is 48.0 Å². The molecule has 1 aliphatic heterocycles. The largest absolute Gasteiger partial charge is 0.423 e. The summed E-state index contributed by atoms with van der Waals surface area (Å²) in [5.41, 5.74) is 1.14. The number of carbonyl (C=O) groups is 1. The molecule has 0 unspecified atom stereocenters. The van der Waals surface area contributed by atoms with Gasteiger partial charge in [0.2, 0.25) is 10.0 Å². The Labute approximate surface area is 179 Å². The van der Waals surface area contributed by atoms with E-state index < -0.39 is 16.0 Å². The Morgan fingerprint density at radius 1 is 1.07 bits per heavy atom. The number of nitrogens with zero attached hydrogens (tertiary/aromatic N) is 3. The zero-order chi connectivity index (χ0) is 21.3. The summed E-state index contributed by atoms with van der Waals surface area (Å²) in [5.74, 6) is -0.111. The van der Waals surface area contributed by atoms with Gasteiger partial charge in [0.05, 0.1) is 20.7 Å². The van der Waals surface area contributed by atoms with Gasteiger partial charge in [-0.25, -0.2) is 18.2 Å². The maximum Gasteiger partial charge on any atom is 0.343 e. The molecule has 9 heteroatoms. The van der Waals surface area contributed by atoms with Gasteiger partial charge in [-0.1, -0.05) is 17.8 Å². The summed E-state index contributed by atoms with van der Waals surface area (Å²) < 4.78 is 33.4. The van der Waals surface area contributed by atoms with Gasteiger partial charge in [-0.05, 0) is 49.2 Å². The van der Waals surface area contributed by atoms with Gasteiger partial charge < -0.3 is 9.64 Å². The number of fused-ring (bicyclic) bond motifs is 1. The van der Waals surface area contributed by atoms with Crippen LogP contribution in [0.4, 0.5) is 5.13 Å². The standard InChI is InChI=1S/C21H23N3O4S2/c1-23(2)21-22-18-11-8-16(14-19(18)29-21)28-20(25)15-6-9-17(10-7-15)30(26,27)24-12-4-3-5-13-24/h6-11,14H,3-5,12-13H2,1-2H3.